The molecular formula is C14H26N2O2. The van der Waals surface area contributed by atoms with Gasteiger partial charge < -0.3 is 15.0 Å². The van der Waals surface area contributed by atoms with Crippen LogP contribution in [0.15, 0.2) is 0 Å². The van der Waals surface area contributed by atoms with Crippen molar-refractivity contribution in [3.63, 3.8) is 0 Å². The Morgan fingerprint density at radius 3 is 2.44 bits per heavy atom. The number of piperidine rings is 2. The first-order chi connectivity index (χ1) is 8.79. The number of hydrogen-bond acceptors (Lipinski definition) is 3. The predicted octanol–water partition coefficient (Wildman–Crippen LogP) is 1.26. The van der Waals surface area contributed by atoms with Crippen LogP contribution >= 0.6 is 0 Å². The SMILES string of the molecule is COCC1CCN(C(=O)CC2CCNCC2)CC1. The highest BCUT2D eigenvalue weighted by atomic mass is 16.5. The number of carbonyl (C=O) groups is 1. The molecule has 1 amide bonds. The van der Waals surface area contributed by atoms with E-state index in [9.17, 15) is 4.79 Å². The molecule has 18 heavy (non-hydrogen) atoms. The van der Waals surface area contributed by atoms with Crippen LogP contribution in [0.3, 0.4) is 0 Å². The van der Waals surface area contributed by atoms with Crippen molar-refractivity contribution in [3.8, 4) is 0 Å². The fourth-order valence-electron chi connectivity index (χ4n) is 3.05. The summed E-state index contributed by atoms with van der Waals surface area (Å²) in [5.74, 6) is 1.63. The van der Waals surface area contributed by atoms with Crippen molar-refractivity contribution in [1.82, 2.24) is 10.2 Å². The molecule has 2 fully saturated rings. The molecule has 2 rings (SSSR count). The van der Waals surface area contributed by atoms with Gasteiger partial charge in [0.05, 0.1) is 0 Å². The highest BCUT2D eigenvalue weighted by molar-refractivity contribution is 5.76. The predicted molar refractivity (Wildman–Crippen MR) is 71.4 cm³/mol. The van der Waals surface area contributed by atoms with Gasteiger partial charge in [-0.15, -0.1) is 0 Å². The Morgan fingerprint density at radius 1 is 1.17 bits per heavy atom. The Morgan fingerprint density at radius 2 is 1.83 bits per heavy atom. The highest BCUT2D eigenvalue weighted by Crippen LogP contribution is 2.21. The average molecular weight is 254 g/mol. The summed E-state index contributed by atoms with van der Waals surface area (Å²) in [7, 11) is 1.76. The van der Waals surface area contributed by atoms with Crippen molar-refractivity contribution in [2.45, 2.75) is 32.1 Å². The molecule has 4 nitrogen and oxygen atoms in total. The van der Waals surface area contributed by atoms with Crippen molar-refractivity contribution in [1.29, 1.82) is 0 Å². The van der Waals surface area contributed by atoms with Gasteiger partial charge in [0.15, 0.2) is 0 Å². The van der Waals surface area contributed by atoms with Gasteiger partial charge in [-0.25, -0.2) is 0 Å². The van der Waals surface area contributed by atoms with E-state index < -0.39 is 0 Å². The number of nitrogens with zero attached hydrogens (tertiary/aromatic N) is 1. The monoisotopic (exact) mass is 254 g/mol. The van der Waals surface area contributed by atoms with Crippen LogP contribution in [-0.4, -0.2) is 50.7 Å². The maximum atomic E-state index is 12.2. The fraction of sp³-hybridized carbons (Fsp3) is 0.929. The molecule has 0 aliphatic carbocycles. The number of likely N-dealkylation sites (tertiary alicyclic amines) is 1. The third-order valence-electron chi connectivity index (χ3n) is 4.29. The van der Waals surface area contributed by atoms with Crippen molar-refractivity contribution < 1.29 is 9.53 Å². The number of amides is 1. The minimum atomic E-state index is 0.373. The summed E-state index contributed by atoms with van der Waals surface area (Å²) in [5, 5.41) is 3.35. The number of hydrogen-bond donors (Lipinski definition) is 1. The number of methoxy groups -OCH3 is 1. The summed E-state index contributed by atoms with van der Waals surface area (Å²) in [4.78, 5) is 14.3. The first kappa shape index (κ1) is 13.8. The maximum Gasteiger partial charge on any atom is 0.222 e. The lowest BCUT2D eigenvalue weighted by atomic mass is 9.92. The molecule has 2 aliphatic rings. The first-order valence-electron chi connectivity index (χ1n) is 7.27. The van der Waals surface area contributed by atoms with Crippen LogP contribution in [-0.2, 0) is 9.53 Å². The van der Waals surface area contributed by atoms with Crippen LogP contribution in [0, 0.1) is 11.8 Å². The van der Waals surface area contributed by atoms with Crippen molar-refractivity contribution in [2.75, 3.05) is 39.9 Å². The van der Waals surface area contributed by atoms with Crippen molar-refractivity contribution in [3.05, 3.63) is 0 Å². The van der Waals surface area contributed by atoms with E-state index in [0.717, 1.165) is 64.9 Å². The van der Waals surface area contributed by atoms with Gasteiger partial charge in [-0.05, 0) is 50.6 Å². The lowest BCUT2D eigenvalue weighted by Crippen LogP contribution is -2.41. The van der Waals surface area contributed by atoms with Gasteiger partial charge in [0.25, 0.3) is 0 Å². The molecule has 0 saturated carbocycles. The van der Waals surface area contributed by atoms with Crippen molar-refractivity contribution in [2.24, 2.45) is 11.8 Å². The van der Waals surface area contributed by atoms with E-state index in [0.29, 0.717) is 17.7 Å². The molecule has 0 atom stereocenters. The molecule has 0 aromatic carbocycles. The third-order valence-corrected chi connectivity index (χ3v) is 4.29. The summed E-state index contributed by atoms with van der Waals surface area (Å²) in [6, 6.07) is 0. The van der Waals surface area contributed by atoms with Crippen LogP contribution < -0.4 is 5.32 Å². The lowest BCUT2D eigenvalue weighted by molar-refractivity contribution is -0.134. The molecule has 0 radical (unpaired) electrons. The van der Waals surface area contributed by atoms with E-state index in [1.54, 1.807) is 7.11 Å². The van der Waals surface area contributed by atoms with Gasteiger partial charge in [0.2, 0.25) is 5.91 Å². The molecule has 0 unspecified atom stereocenters. The molecular weight excluding hydrogens is 228 g/mol. The highest BCUT2D eigenvalue weighted by Gasteiger charge is 2.25. The molecule has 0 aromatic heterocycles. The van der Waals surface area contributed by atoms with Crippen molar-refractivity contribution >= 4 is 5.91 Å². The quantitative estimate of drug-likeness (QED) is 0.821. The largest absolute Gasteiger partial charge is 0.384 e. The molecule has 2 saturated heterocycles. The summed E-state index contributed by atoms with van der Waals surface area (Å²) in [6.45, 7) is 4.85. The molecule has 1 N–H and O–H groups in total. The Labute approximate surface area is 110 Å². The Kier molecular flexibility index (Phi) is 5.45. The maximum absolute atomic E-state index is 12.2. The number of nitrogens with one attached hydrogen (secondary N) is 1. The second kappa shape index (κ2) is 7.10. The van der Waals surface area contributed by atoms with Gasteiger partial charge in [-0.3, -0.25) is 4.79 Å². The summed E-state index contributed by atoms with van der Waals surface area (Å²) < 4.78 is 5.19. The number of ether oxygens (including phenoxy) is 1. The number of rotatable bonds is 4. The van der Waals surface area contributed by atoms with E-state index in [-0.39, 0.29) is 0 Å². The Balaban J connectivity index is 1.70. The molecule has 104 valence electrons. The fourth-order valence-corrected chi connectivity index (χ4v) is 3.05. The second-order valence-corrected chi connectivity index (χ2v) is 5.68. The third kappa shape index (κ3) is 3.95. The summed E-state index contributed by atoms with van der Waals surface area (Å²) >= 11 is 0. The Hall–Kier alpha value is -0.610. The number of carbonyl (C=O) groups excluding carboxylic acids is 1. The molecule has 0 spiro atoms. The standard InChI is InChI=1S/C14H26N2O2/c1-18-11-13-4-8-16(9-5-13)14(17)10-12-2-6-15-7-3-12/h12-13,15H,2-11H2,1H3. The van der Waals surface area contributed by atoms with E-state index in [1.807, 2.05) is 0 Å². The zero-order chi connectivity index (χ0) is 12.8. The van der Waals surface area contributed by atoms with Gasteiger partial charge in [0, 0.05) is 33.2 Å². The molecule has 2 heterocycles. The second-order valence-electron chi connectivity index (χ2n) is 5.68. The molecule has 4 heteroatoms. The van der Waals surface area contributed by atoms with E-state index in [1.165, 1.54) is 0 Å². The minimum Gasteiger partial charge on any atom is -0.384 e. The van der Waals surface area contributed by atoms with Gasteiger partial charge in [0.1, 0.15) is 0 Å². The normalized spacial score (nSPS) is 23.3. The zero-order valence-corrected chi connectivity index (χ0v) is 11.5. The molecule has 0 aromatic rings. The topological polar surface area (TPSA) is 41.6 Å². The smallest absolute Gasteiger partial charge is 0.222 e. The van der Waals surface area contributed by atoms with Gasteiger partial charge >= 0.3 is 0 Å². The minimum absolute atomic E-state index is 0.373. The summed E-state index contributed by atoms with van der Waals surface area (Å²) in [5.41, 5.74) is 0. The first-order valence-corrected chi connectivity index (χ1v) is 7.27. The van der Waals surface area contributed by atoms with Crippen LogP contribution in [0.1, 0.15) is 32.1 Å². The van der Waals surface area contributed by atoms with Crippen LogP contribution in [0.2, 0.25) is 0 Å². The van der Waals surface area contributed by atoms with Crippen LogP contribution in [0.5, 0.6) is 0 Å². The molecule has 0 bridgehead atoms. The Bertz CT molecular complexity index is 257. The van der Waals surface area contributed by atoms with Gasteiger partial charge in [-0.1, -0.05) is 0 Å². The zero-order valence-electron chi connectivity index (χ0n) is 11.5. The van der Waals surface area contributed by atoms with E-state index in [4.69, 9.17) is 4.74 Å². The van der Waals surface area contributed by atoms with Crippen LogP contribution in [0.4, 0.5) is 0 Å². The van der Waals surface area contributed by atoms with E-state index in [2.05, 4.69) is 10.2 Å². The van der Waals surface area contributed by atoms with Gasteiger partial charge in [-0.2, -0.15) is 0 Å². The summed E-state index contributed by atoms with van der Waals surface area (Å²) in [6.07, 6.45) is 5.28. The van der Waals surface area contributed by atoms with E-state index >= 15 is 0 Å². The molecule has 2 aliphatic heterocycles. The average Bonchev–Trinajstić information content (AvgIpc) is 2.41. The van der Waals surface area contributed by atoms with Crippen LogP contribution in [0.25, 0.3) is 0 Å². The lowest BCUT2D eigenvalue weighted by Gasteiger charge is -2.33.